The third kappa shape index (κ3) is 5.26. The van der Waals surface area contributed by atoms with Gasteiger partial charge in [-0.25, -0.2) is 0 Å². The van der Waals surface area contributed by atoms with E-state index in [1.807, 2.05) is 0 Å². The van der Waals surface area contributed by atoms with E-state index in [-0.39, 0.29) is 18.0 Å². The summed E-state index contributed by atoms with van der Waals surface area (Å²) in [6.07, 6.45) is 12.9. The lowest BCUT2D eigenvalue weighted by Crippen LogP contribution is -2.24. The van der Waals surface area contributed by atoms with E-state index in [4.69, 9.17) is 4.74 Å². The molecule has 2 aliphatic rings. The minimum Gasteiger partial charge on any atom is -0.462 e. The fourth-order valence-electron chi connectivity index (χ4n) is 3.49. The Labute approximate surface area is 122 Å². The highest BCUT2D eigenvalue weighted by Crippen LogP contribution is 2.32. The Kier molecular flexibility index (Phi) is 6.55. The van der Waals surface area contributed by atoms with Crippen LogP contribution in [0.2, 0.25) is 0 Å². The van der Waals surface area contributed by atoms with Gasteiger partial charge in [0.25, 0.3) is 0 Å². The molecule has 0 spiro atoms. The van der Waals surface area contributed by atoms with Gasteiger partial charge in [-0.15, -0.1) is 0 Å². The number of rotatable bonds is 0. The minimum atomic E-state index is -0.0516. The summed E-state index contributed by atoms with van der Waals surface area (Å²) in [6, 6.07) is 0. The summed E-state index contributed by atoms with van der Waals surface area (Å²) in [7, 11) is 0. The van der Waals surface area contributed by atoms with Crippen molar-refractivity contribution < 1.29 is 14.3 Å². The summed E-state index contributed by atoms with van der Waals surface area (Å²) in [6.45, 7) is 0. The third-order valence-electron chi connectivity index (χ3n) is 4.70. The maximum atomic E-state index is 12.0. The van der Waals surface area contributed by atoms with Crippen molar-refractivity contribution in [3.05, 3.63) is 0 Å². The summed E-state index contributed by atoms with van der Waals surface area (Å²) in [5.41, 5.74) is 0. The normalized spacial score (nSPS) is 31.0. The molecule has 1 aliphatic carbocycles. The predicted octanol–water partition coefficient (Wildman–Crippen LogP) is 4.18. The second-order valence-corrected chi connectivity index (χ2v) is 6.44. The number of carbonyl (C=O) groups excluding carboxylic acids is 2. The van der Waals surface area contributed by atoms with Crippen molar-refractivity contribution in [2.75, 3.05) is 0 Å². The molecule has 0 radical (unpaired) electrons. The van der Waals surface area contributed by atoms with Gasteiger partial charge in [0.1, 0.15) is 11.9 Å². The van der Waals surface area contributed by atoms with E-state index < -0.39 is 0 Å². The zero-order valence-corrected chi connectivity index (χ0v) is 12.6. The number of hydrogen-bond acceptors (Lipinski definition) is 3. The molecule has 1 saturated carbocycles. The summed E-state index contributed by atoms with van der Waals surface area (Å²) in [5.74, 6) is 0.605. The van der Waals surface area contributed by atoms with E-state index >= 15 is 0 Å². The maximum Gasteiger partial charge on any atom is 0.306 e. The zero-order valence-electron chi connectivity index (χ0n) is 12.6. The Morgan fingerprint density at radius 1 is 0.750 bits per heavy atom. The van der Waals surface area contributed by atoms with Crippen LogP contribution in [0.4, 0.5) is 0 Å². The fraction of sp³-hybridized carbons (Fsp3) is 0.882. The first-order chi connectivity index (χ1) is 9.75. The lowest BCUT2D eigenvalue weighted by molar-refractivity contribution is -0.151. The molecular weight excluding hydrogens is 252 g/mol. The largest absolute Gasteiger partial charge is 0.462 e. The van der Waals surface area contributed by atoms with Crippen LogP contribution < -0.4 is 0 Å². The molecule has 20 heavy (non-hydrogen) atoms. The van der Waals surface area contributed by atoms with Gasteiger partial charge in [0, 0.05) is 25.2 Å². The van der Waals surface area contributed by atoms with Crippen molar-refractivity contribution in [3.63, 3.8) is 0 Å². The summed E-state index contributed by atoms with van der Waals surface area (Å²) in [5, 5.41) is 0. The number of Topliss-reactive ketones (excluding diaryl/α,β-unsaturated/α-hetero) is 1. The predicted molar refractivity (Wildman–Crippen MR) is 78.4 cm³/mol. The molecule has 0 aromatic heterocycles. The van der Waals surface area contributed by atoms with Crippen LogP contribution in [-0.2, 0) is 14.3 Å². The average molecular weight is 280 g/mol. The standard InChI is InChI=1S/C17H28O3/c18-15-10-6-4-2-1-3-5-7-12-17(19)20-16-11-8-9-14(16)13-15/h14,16H,1-13H2/t14-,16-/m0/s1. The van der Waals surface area contributed by atoms with E-state index in [9.17, 15) is 9.59 Å². The first kappa shape index (κ1) is 15.5. The van der Waals surface area contributed by atoms with Crippen molar-refractivity contribution in [1.29, 1.82) is 0 Å². The first-order valence-corrected chi connectivity index (χ1v) is 8.47. The average Bonchev–Trinajstić information content (AvgIpc) is 2.83. The molecule has 2 fully saturated rings. The van der Waals surface area contributed by atoms with Gasteiger partial charge >= 0.3 is 5.97 Å². The number of ketones is 1. The highest BCUT2D eigenvalue weighted by molar-refractivity contribution is 5.78. The Hall–Kier alpha value is -0.860. The molecule has 0 N–H and O–H groups in total. The van der Waals surface area contributed by atoms with Crippen LogP contribution in [0.3, 0.4) is 0 Å². The molecule has 0 amide bonds. The molecule has 2 rings (SSSR count). The molecule has 0 unspecified atom stereocenters. The molecule has 0 aromatic rings. The van der Waals surface area contributed by atoms with Gasteiger partial charge in [0.05, 0.1) is 0 Å². The van der Waals surface area contributed by atoms with Gasteiger partial charge in [-0.05, 0) is 32.1 Å². The lowest BCUT2D eigenvalue weighted by Gasteiger charge is -2.19. The van der Waals surface area contributed by atoms with Crippen LogP contribution in [0.5, 0.6) is 0 Å². The highest BCUT2D eigenvalue weighted by Gasteiger charge is 2.31. The molecule has 1 heterocycles. The quantitative estimate of drug-likeness (QED) is 0.625. The SMILES string of the molecule is O=C1CCCCCCCCCC(=O)O[C@H]2CCC[C@H]2C1. The van der Waals surface area contributed by atoms with Crippen LogP contribution >= 0.6 is 0 Å². The zero-order chi connectivity index (χ0) is 14.2. The molecule has 0 aromatic carbocycles. The van der Waals surface area contributed by atoms with Crippen LogP contribution in [0, 0.1) is 5.92 Å². The van der Waals surface area contributed by atoms with E-state index in [0.717, 1.165) is 44.9 Å². The number of carbonyl (C=O) groups is 2. The second kappa shape index (κ2) is 8.43. The smallest absolute Gasteiger partial charge is 0.306 e. The van der Waals surface area contributed by atoms with E-state index in [1.165, 1.54) is 25.7 Å². The molecule has 3 nitrogen and oxygen atoms in total. The summed E-state index contributed by atoms with van der Waals surface area (Å²) < 4.78 is 5.61. The first-order valence-electron chi connectivity index (χ1n) is 8.47. The second-order valence-electron chi connectivity index (χ2n) is 6.44. The van der Waals surface area contributed by atoms with Crippen molar-refractivity contribution >= 4 is 11.8 Å². The van der Waals surface area contributed by atoms with Crippen molar-refractivity contribution in [1.82, 2.24) is 0 Å². The Bertz CT molecular complexity index is 294. The lowest BCUT2D eigenvalue weighted by atomic mass is 9.96. The molecular formula is C17H28O3. The molecule has 0 bridgehead atoms. The molecule has 1 saturated heterocycles. The van der Waals surface area contributed by atoms with Crippen molar-refractivity contribution in [2.24, 2.45) is 5.92 Å². The minimum absolute atomic E-state index is 0.0107. The topological polar surface area (TPSA) is 43.4 Å². The maximum absolute atomic E-state index is 12.0. The molecule has 2 atom stereocenters. The van der Waals surface area contributed by atoms with E-state index in [1.54, 1.807) is 0 Å². The molecule has 1 aliphatic heterocycles. The number of hydrogen-bond donors (Lipinski definition) is 0. The van der Waals surface area contributed by atoms with Crippen molar-refractivity contribution in [2.45, 2.75) is 89.6 Å². The fourth-order valence-corrected chi connectivity index (χ4v) is 3.49. The number of ether oxygens (including phenoxy) is 1. The Balaban J connectivity index is 1.87. The van der Waals surface area contributed by atoms with Gasteiger partial charge in [0.2, 0.25) is 0 Å². The monoisotopic (exact) mass is 280 g/mol. The van der Waals surface area contributed by atoms with Crippen molar-refractivity contribution in [3.8, 4) is 0 Å². The number of fused-ring (bicyclic) bond motifs is 1. The van der Waals surface area contributed by atoms with Crippen LogP contribution in [0.1, 0.15) is 83.5 Å². The molecule has 3 heteroatoms. The highest BCUT2D eigenvalue weighted by atomic mass is 16.5. The third-order valence-corrected chi connectivity index (χ3v) is 4.70. The molecule has 114 valence electrons. The van der Waals surface area contributed by atoms with Crippen LogP contribution in [0.25, 0.3) is 0 Å². The van der Waals surface area contributed by atoms with Crippen LogP contribution in [0.15, 0.2) is 0 Å². The van der Waals surface area contributed by atoms with E-state index in [0.29, 0.717) is 18.6 Å². The van der Waals surface area contributed by atoms with Gasteiger partial charge < -0.3 is 4.74 Å². The van der Waals surface area contributed by atoms with Gasteiger partial charge in [-0.2, -0.15) is 0 Å². The van der Waals surface area contributed by atoms with Gasteiger partial charge in [-0.1, -0.05) is 32.1 Å². The van der Waals surface area contributed by atoms with Gasteiger partial charge in [0.15, 0.2) is 0 Å². The summed E-state index contributed by atoms with van der Waals surface area (Å²) in [4.78, 5) is 23.8. The van der Waals surface area contributed by atoms with Crippen LogP contribution in [-0.4, -0.2) is 17.9 Å². The Morgan fingerprint density at radius 2 is 1.40 bits per heavy atom. The number of esters is 1. The Morgan fingerprint density at radius 3 is 2.15 bits per heavy atom. The van der Waals surface area contributed by atoms with E-state index in [2.05, 4.69) is 0 Å². The summed E-state index contributed by atoms with van der Waals surface area (Å²) >= 11 is 0. The van der Waals surface area contributed by atoms with Gasteiger partial charge in [-0.3, -0.25) is 9.59 Å².